The lowest BCUT2D eigenvalue weighted by Gasteiger charge is -2.27. The Morgan fingerprint density at radius 1 is 1.25 bits per heavy atom. The third kappa shape index (κ3) is 6.69. The molecule has 0 aliphatic carbocycles. The number of aryl methyl sites for hydroxylation is 1. The van der Waals surface area contributed by atoms with Gasteiger partial charge in [0.25, 0.3) is 0 Å². The number of rotatable bonds is 11. The molecule has 0 amide bonds. The fraction of sp³-hybridized carbons (Fsp3) is 0.625. The Balaban J connectivity index is 1.72. The van der Waals surface area contributed by atoms with Gasteiger partial charge in [-0.1, -0.05) is 26.0 Å². The number of ether oxygens (including phenoxy) is 1. The summed E-state index contributed by atoms with van der Waals surface area (Å²) >= 11 is 0. The number of hydrogen-bond donors (Lipinski definition) is 2. The first kappa shape index (κ1) is 24.0. The molecule has 0 spiro atoms. The van der Waals surface area contributed by atoms with Crippen molar-refractivity contribution in [1.29, 1.82) is 0 Å². The van der Waals surface area contributed by atoms with Crippen LogP contribution in [0, 0.1) is 0 Å². The van der Waals surface area contributed by atoms with Crippen molar-refractivity contribution in [3.8, 4) is 5.75 Å². The van der Waals surface area contributed by atoms with Gasteiger partial charge in [0, 0.05) is 25.6 Å². The summed E-state index contributed by atoms with van der Waals surface area (Å²) in [5.74, 6) is 2.76. The van der Waals surface area contributed by atoms with Gasteiger partial charge in [-0.3, -0.25) is 9.89 Å². The lowest BCUT2D eigenvalue weighted by molar-refractivity contribution is 0.251. The highest BCUT2D eigenvalue weighted by atomic mass is 16.5. The van der Waals surface area contributed by atoms with Gasteiger partial charge in [-0.2, -0.15) is 0 Å². The fourth-order valence-electron chi connectivity index (χ4n) is 4.03. The molecule has 1 fully saturated rings. The third-order valence-corrected chi connectivity index (χ3v) is 6.13. The first-order valence-electron chi connectivity index (χ1n) is 11.9. The van der Waals surface area contributed by atoms with Gasteiger partial charge >= 0.3 is 0 Å². The maximum absolute atomic E-state index is 5.48. The normalized spacial score (nSPS) is 16.7. The van der Waals surface area contributed by atoms with E-state index in [2.05, 4.69) is 69.3 Å². The van der Waals surface area contributed by atoms with Crippen LogP contribution in [0.1, 0.15) is 57.5 Å². The number of aliphatic imine (C=N–C) groups is 1. The van der Waals surface area contributed by atoms with Crippen LogP contribution < -0.4 is 15.4 Å². The van der Waals surface area contributed by atoms with Crippen LogP contribution in [0.15, 0.2) is 35.6 Å². The second-order valence-electron chi connectivity index (χ2n) is 8.40. The van der Waals surface area contributed by atoms with Crippen molar-refractivity contribution in [1.82, 2.24) is 30.3 Å². The molecule has 1 saturated heterocycles. The second-order valence-corrected chi connectivity index (χ2v) is 8.40. The number of nitrogens with zero attached hydrogens (tertiary/aromatic N) is 5. The molecule has 3 rings (SSSR count). The molecule has 1 aromatic carbocycles. The van der Waals surface area contributed by atoms with Gasteiger partial charge in [0.1, 0.15) is 17.9 Å². The van der Waals surface area contributed by atoms with E-state index in [4.69, 9.17) is 9.73 Å². The molecule has 176 valence electrons. The highest BCUT2D eigenvalue weighted by molar-refractivity contribution is 5.80. The molecule has 0 saturated carbocycles. The summed E-state index contributed by atoms with van der Waals surface area (Å²) in [6, 6.07) is 9.00. The molecule has 2 aromatic rings. The van der Waals surface area contributed by atoms with Crippen LogP contribution >= 0.6 is 0 Å². The van der Waals surface area contributed by atoms with Gasteiger partial charge in [0.2, 0.25) is 0 Å². The summed E-state index contributed by atoms with van der Waals surface area (Å²) < 4.78 is 7.57. The van der Waals surface area contributed by atoms with E-state index >= 15 is 0 Å². The van der Waals surface area contributed by atoms with E-state index in [9.17, 15) is 0 Å². The largest absolute Gasteiger partial charge is 0.497 e. The average Bonchev–Trinajstić information content (AvgIpc) is 3.51. The standard InChI is InChI=1S/C24H39N7O/c1-5-19(3)28-24(25-12-15-31-18-27-29-23(31)6-2)26-17-22(30-13-7-8-14-30)20-10-9-11-21(16-20)32-4/h9-11,16,18-19,22H,5-8,12-15,17H2,1-4H3,(H2,25,26,28). The van der Waals surface area contributed by atoms with E-state index in [1.165, 1.54) is 18.4 Å². The zero-order valence-electron chi connectivity index (χ0n) is 20.0. The van der Waals surface area contributed by atoms with Crippen LogP contribution in [0.5, 0.6) is 5.75 Å². The Morgan fingerprint density at radius 2 is 2.06 bits per heavy atom. The molecule has 0 bridgehead atoms. The van der Waals surface area contributed by atoms with Crippen molar-refractivity contribution in [3.63, 3.8) is 0 Å². The fourth-order valence-corrected chi connectivity index (χ4v) is 4.03. The predicted octanol–water partition coefficient (Wildman–Crippen LogP) is 3.02. The molecule has 8 nitrogen and oxygen atoms in total. The second kappa shape index (κ2) is 12.4. The van der Waals surface area contributed by atoms with Crippen molar-refractivity contribution in [2.75, 3.05) is 33.3 Å². The average molecular weight is 442 g/mol. The molecular weight excluding hydrogens is 402 g/mol. The molecule has 2 N–H and O–H groups in total. The van der Waals surface area contributed by atoms with Gasteiger partial charge < -0.3 is 19.9 Å². The summed E-state index contributed by atoms with van der Waals surface area (Å²) in [4.78, 5) is 7.57. The van der Waals surface area contributed by atoms with Crippen molar-refractivity contribution in [2.24, 2.45) is 4.99 Å². The smallest absolute Gasteiger partial charge is 0.191 e. The molecule has 2 atom stereocenters. The van der Waals surface area contributed by atoms with Gasteiger partial charge in [-0.15, -0.1) is 10.2 Å². The van der Waals surface area contributed by atoms with Gasteiger partial charge in [0.05, 0.1) is 19.7 Å². The highest BCUT2D eigenvalue weighted by Gasteiger charge is 2.24. The molecule has 1 aliphatic rings. The number of nitrogens with one attached hydrogen (secondary N) is 2. The van der Waals surface area contributed by atoms with E-state index in [-0.39, 0.29) is 6.04 Å². The summed E-state index contributed by atoms with van der Waals surface area (Å²) in [5.41, 5.74) is 1.26. The zero-order chi connectivity index (χ0) is 22.8. The molecule has 1 aliphatic heterocycles. The minimum atomic E-state index is 0.243. The van der Waals surface area contributed by atoms with E-state index in [1.54, 1.807) is 13.4 Å². The van der Waals surface area contributed by atoms with Gasteiger partial charge in [-0.05, 0) is 57.0 Å². The number of benzene rings is 1. The quantitative estimate of drug-likeness (QED) is 0.412. The van der Waals surface area contributed by atoms with Crippen LogP contribution in [-0.4, -0.2) is 65.0 Å². The minimum absolute atomic E-state index is 0.243. The van der Waals surface area contributed by atoms with E-state index < -0.39 is 0 Å². The van der Waals surface area contributed by atoms with Crippen molar-refractivity contribution < 1.29 is 4.74 Å². The van der Waals surface area contributed by atoms with E-state index in [0.717, 1.165) is 56.6 Å². The first-order chi connectivity index (χ1) is 15.6. The summed E-state index contributed by atoms with van der Waals surface area (Å²) in [6.07, 6.45) is 6.21. The lowest BCUT2D eigenvalue weighted by atomic mass is 10.1. The maximum Gasteiger partial charge on any atom is 0.191 e. The predicted molar refractivity (Wildman–Crippen MR) is 129 cm³/mol. The van der Waals surface area contributed by atoms with E-state index in [1.807, 2.05) is 6.07 Å². The summed E-state index contributed by atoms with van der Waals surface area (Å²) in [7, 11) is 1.72. The number of guanidine groups is 1. The van der Waals surface area contributed by atoms with Crippen molar-refractivity contribution in [2.45, 2.75) is 65.1 Å². The highest BCUT2D eigenvalue weighted by Crippen LogP contribution is 2.27. The third-order valence-electron chi connectivity index (χ3n) is 6.13. The molecule has 8 heteroatoms. The topological polar surface area (TPSA) is 79.6 Å². The van der Waals surface area contributed by atoms with Gasteiger partial charge in [0.15, 0.2) is 5.96 Å². The monoisotopic (exact) mass is 441 g/mol. The summed E-state index contributed by atoms with van der Waals surface area (Å²) in [5, 5.41) is 15.3. The molecule has 2 unspecified atom stereocenters. The molecular formula is C24H39N7O. The summed E-state index contributed by atoms with van der Waals surface area (Å²) in [6.45, 7) is 11.0. The first-order valence-corrected chi connectivity index (χ1v) is 11.9. The van der Waals surface area contributed by atoms with Gasteiger partial charge in [-0.25, -0.2) is 0 Å². The Labute approximate surface area is 192 Å². The Kier molecular flexibility index (Phi) is 9.34. The SMILES string of the molecule is CCc1nncn1CCNC(=NCC(c1cccc(OC)c1)N1CCCC1)NC(C)CC. The molecule has 32 heavy (non-hydrogen) atoms. The van der Waals surface area contributed by atoms with Crippen LogP contribution in [0.4, 0.5) is 0 Å². The van der Waals surface area contributed by atoms with E-state index in [0.29, 0.717) is 12.6 Å². The number of likely N-dealkylation sites (tertiary alicyclic amines) is 1. The molecule has 1 aromatic heterocycles. The van der Waals surface area contributed by atoms with Crippen molar-refractivity contribution in [3.05, 3.63) is 42.0 Å². The van der Waals surface area contributed by atoms with Crippen molar-refractivity contribution >= 4 is 5.96 Å². The van der Waals surface area contributed by atoms with Crippen LogP contribution in [-0.2, 0) is 13.0 Å². The Morgan fingerprint density at radius 3 is 2.78 bits per heavy atom. The molecule has 2 heterocycles. The number of aromatic nitrogens is 3. The Hall–Kier alpha value is -2.61. The van der Waals surface area contributed by atoms with Crippen LogP contribution in [0.25, 0.3) is 0 Å². The lowest BCUT2D eigenvalue weighted by Crippen LogP contribution is -2.43. The minimum Gasteiger partial charge on any atom is -0.497 e. The molecule has 0 radical (unpaired) electrons. The maximum atomic E-state index is 5.48. The number of hydrogen-bond acceptors (Lipinski definition) is 5. The zero-order valence-corrected chi connectivity index (χ0v) is 20.0. The van der Waals surface area contributed by atoms with Crippen LogP contribution in [0.2, 0.25) is 0 Å². The van der Waals surface area contributed by atoms with Crippen LogP contribution in [0.3, 0.4) is 0 Å². The Bertz CT molecular complexity index is 844. The number of methoxy groups -OCH3 is 1.